The molecule has 0 atom stereocenters. The average Bonchev–Trinajstić information content (AvgIpc) is 3.29. The van der Waals surface area contributed by atoms with Crippen LogP contribution in [0.3, 0.4) is 0 Å². The zero-order valence-corrected chi connectivity index (χ0v) is 18.1. The molecule has 0 bridgehead atoms. The van der Waals surface area contributed by atoms with Crippen molar-refractivity contribution in [2.24, 2.45) is 0 Å². The normalized spacial score (nSPS) is 14.8. The van der Waals surface area contributed by atoms with Gasteiger partial charge in [0.05, 0.1) is 16.2 Å². The van der Waals surface area contributed by atoms with Crippen LogP contribution in [0, 0.1) is 0 Å². The van der Waals surface area contributed by atoms with Crippen molar-refractivity contribution in [1.82, 2.24) is 0 Å². The number of carbonyl (C=O) groups is 2. The van der Waals surface area contributed by atoms with Gasteiger partial charge in [-0.3, -0.25) is 9.59 Å². The number of carbonyl (C=O) groups excluding carboxylic acids is 2. The third-order valence-corrected chi connectivity index (χ3v) is 6.74. The standard InChI is InChI=1S/C24H21NO2S2/c1-24(2,3)16-11-13-17(14-12-16)25-22(26)20(19-10-7-15-28-19)21(23(25)27)29-18-8-5-4-6-9-18/h4-15H,1-3H3. The van der Waals surface area contributed by atoms with Gasteiger partial charge >= 0.3 is 0 Å². The van der Waals surface area contributed by atoms with Gasteiger partial charge in [0, 0.05) is 9.77 Å². The minimum Gasteiger partial charge on any atom is -0.268 e. The molecule has 3 aromatic rings. The molecule has 0 saturated carbocycles. The summed E-state index contributed by atoms with van der Waals surface area (Å²) in [7, 11) is 0. The van der Waals surface area contributed by atoms with Gasteiger partial charge in [-0.2, -0.15) is 0 Å². The molecule has 0 unspecified atom stereocenters. The molecule has 2 aromatic carbocycles. The second-order valence-corrected chi connectivity index (χ2v) is 9.87. The quantitative estimate of drug-likeness (QED) is 0.478. The summed E-state index contributed by atoms with van der Waals surface area (Å²) in [6, 6.07) is 21.2. The molecule has 4 rings (SSSR count). The third-order valence-electron chi connectivity index (χ3n) is 4.76. The van der Waals surface area contributed by atoms with E-state index >= 15 is 0 Å². The number of thiophene rings is 1. The number of imide groups is 1. The maximum absolute atomic E-state index is 13.3. The van der Waals surface area contributed by atoms with Crippen molar-refractivity contribution in [3.05, 3.63) is 87.5 Å². The monoisotopic (exact) mass is 419 g/mol. The predicted molar refractivity (Wildman–Crippen MR) is 121 cm³/mol. The number of hydrogen-bond acceptors (Lipinski definition) is 4. The van der Waals surface area contributed by atoms with Gasteiger partial charge in [0.2, 0.25) is 0 Å². The van der Waals surface area contributed by atoms with Crippen LogP contribution in [0.4, 0.5) is 5.69 Å². The summed E-state index contributed by atoms with van der Waals surface area (Å²) in [6.07, 6.45) is 0. The zero-order chi connectivity index (χ0) is 20.6. The Hall–Kier alpha value is -2.63. The Morgan fingerprint density at radius 3 is 2.10 bits per heavy atom. The molecule has 146 valence electrons. The minimum absolute atomic E-state index is 0.00621. The first-order valence-electron chi connectivity index (χ1n) is 9.36. The van der Waals surface area contributed by atoms with Crippen molar-refractivity contribution in [2.45, 2.75) is 31.1 Å². The van der Waals surface area contributed by atoms with Crippen LogP contribution in [0.25, 0.3) is 5.57 Å². The number of amides is 2. The van der Waals surface area contributed by atoms with E-state index in [1.165, 1.54) is 28.0 Å². The highest BCUT2D eigenvalue weighted by molar-refractivity contribution is 8.04. The van der Waals surface area contributed by atoms with Crippen LogP contribution in [0.15, 0.2) is 81.9 Å². The van der Waals surface area contributed by atoms with E-state index in [0.29, 0.717) is 16.2 Å². The van der Waals surface area contributed by atoms with Crippen LogP contribution < -0.4 is 4.90 Å². The van der Waals surface area contributed by atoms with E-state index in [0.717, 1.165) is 15.3 Å². The molecule has 1 aliphatic rings. The number of hydrogen-bond donors (Lipinski definition) is 0. The van der Waals surface area contributed by atoms with Gasteiger partial charge < -0.3 is 0 Å². The second kappa shape index (κ2) is 7.65. The maximum atomic E-state index is 13.3. The Morgan fingerprint density at radius 2 is 1.52 bits per heavy atom. The molecule has 1 aromatic heterocycles. The lowest BCUT2D eigenvalue weighted by atomic mass is 9.87. The fourth-order valence-corrected chi connectivity index (χ4v) is 5.03. The van der Waals surface area contributed by atoms with Crippen molar-refractivity contribution in [2.75, 3.05) is 4.90 Å². The molecule has 0 radical (unpaired) electrons. The van der Waals surface area contributed by atoms with E-state index in [2.05, 4.69) is 20.8 Å². The molecule has 0 N–H and O–H groups in total. The summed E-state index contributed by atoms with van der Waals surface area (Å²) < 4.78 is 0. The van der Waals surface area contributed by atoms with E-state index in [1.807, 2.05) is 72.1 Å². The predicted octanol–water partition coefficient (Wildman–Crippen LogP) is 6.12. The highest BCUT2D eigenvalue weighted by Gasteiger charge is 2.40. The van der Waals surface area contributed by atoms with Crippen molar-refractivity contribution in [3.63, 3.8) is 0 Å². The molecular weight excluding hydrogens is 398 g/mol. The largest absolute Gasteiger partial charge is 0.272 e. The van der Waals surface area contributed by atoms with Crippen LogP contribution in [-0.4, -0.2) is 11.8 Å². The smallest absolute Gasteiger partial charge is 0.268 e. The van der Waals surface area contributed by atoms with E-state index < -0.39 is 0 Å². The molecular formula is C24H21NO2S2. The summed E-state index contributed by atoms with van der Waals surface area (Å²) in [6.45, 7) is 6.41. The van der Waals surface area contributed by atoms with Crippen LogP contribution in [-0.2, 0) is 15.0 Å². The van der Waals surface area contributed by atoms with Gasteiger partial charge in [0.1, 0.15) is 0 Å². The van der Waals surface area contributed by atoms with Crippen LogP contribution >= 0.6 is 23.1 Å². The number of anilines is 1. The summed E-state index contributed by atoms with van der Waals surface area (Å²) in [5, 5.41) is 1.92. The number of rotatable bonds is 4. The molecule has 29 heavy (non-hydrogen) atoms. The van der Waals surface area contributed by atoms with Gasteiger partial charge in [-0.1, -0.05) is 68.9 Å². The van der Waals surface area contributed by atoms with Crippen molar-refractivity contribution in [1.29, 1.82) is 0 Å². The number of nitrogens with zero attached hydrogens (tertiary/aromatic N) is 1. The topological polar surface area (TPSA) is 37.4 Å². The first-order chi connectivity index (χ1) is 13.9. The average molecular weight is 420 g/mol. The summed E-state index contributed by atoms with van der Waals surface area (Å²) >= 11 is 2.82. The lowest BCUT2D eigenvalue weighted by Gasteiger charge is -2.21. The Balaban J connectivity index is 1.74. The highest BCUT2D eigenvalue weighted by atomic mass is 32.2. The Bertz CT molecular complexity index is 1080. The molecule has 0 spiro atoms. The Morgan fingerprint density at radius 1 is 0.828 bits per heavy atom. The Labute approximate surface area is 179 Å². The molecule has 2 heterocycles. The van der Waals surface area contributed by atoms with Gasteiger partial charge in [0.25, 0.3) is 11.8 Å². The Kier molecular flexibility index (Phi) is 5.19. The van der Waals surface area contributed by atoms with Crippen LogP contribution in [0.1, 0.15) is 31.2 Å². The minimum atomic E-state index is -0.268. The zero-order valence-electron chi connectivity index (χ0n) is 16.5. The fourth-order valence-electron chi connectivity index (χ4n) is 3.19. The SMILES string of the molecule is CC(C)(C)c1ccc(N2C(=O)C(Sc3ccccc3)=C(c3cccs3)C2=O)cc1. The van der Waals surface area contributed by atoms with Crippen molar-refractivity contribution < 1.29 is 9.59 Å². The number of benzene rings is 2. The van der Waals surface area contributed by atoms with Gasteiger partial charge in [-0.15, -0.1) is 11.3 Å². The van der Waals surface area contributed by atoms with E-state index in [-0.39, 0.29) is 17.2 Å². The van der Waals surface area contributed by atoms with E-state index in [4.69, 9.17) is 0 Å². The highest BCUT2D eigenvalue weighted by Crippen LogP contribution is 2.42. The van der Waals surface area contributed by atoms with Crippen molar-refractivity contribution >= 4 is 46.2 Å². The summed E-state index contributed by atoms with van der Waals surface area (Å²) in [5.74, 6) is -0.532. The summed E-state index contributed by atoms with van der Waals surface area (Å²) in [5.41, 5.74) is 2.25. The fraction of sp³-hybridized carbons (Fsp3) is 0.167. The molecule has 3 nitrogen and oxygen atoms in total. The lowest BCUT2D eigenvalue weighted by Crippen LogP contribution is -2.31. The molecule has 5 heteroatoms. The first-order valence-corrected chi connectivity index (χ1v) is 11.1. The molecule has 2 amide bonds. The molecule has 0 saturated heterocycles. The third kappa shape index (κ3) is 3.80. The molecule has 0 aliphatic carbocycles. The molecule has 1 aliphatic heterocycles. The summed E-state index contributed by atoms with van der Waals surface area (Å²) in [4.78, 5) is 30.2. The van der Waals surface area contributed by atoms with Crippen LogP contribution in [0.2, 0.25) is 0 Å². The van der Waals surface area contributed by atoms with Crippen molar-refractivity contribution in [3.8, 4) is 0 Å². The van der Waals surface area contributed by atoms with E-state index in [9.17, 15) is 9.59 Å². The van der Waals surface area contributed by atoms with Gasteiger partial charge in [-0.25, -0.2) is 4.90 Å². The lowest BCUT2D eigenvalue weighted by molar-refractivity contribution is -0.119. The van der Waals surface area contributed by atoms with Gasteiger partial charge in [0.15, 0.2) is 0 Å². The van der Waals surface area contributed by atoms with E-state index in [1.54, 1.807) is 0 Å². The van der Waals surface area contributed by atoms with Gasteiger partial charge in [-0.05, 0) is 46.7 Å². The second-order valence-electron chi connectivity index (χ2n) is 7.84. The molecule has 0 fully saturated rings. The number of thioether (sulfide) groups is 1. The first kappa shape index (κ1) is 19.7. The van der Waals surface area contributed by atoms with Crippen LogP contribution in [0.5, 0.6) is 0 Å². The maximum Gasteiger partial charge on any atom is 0.272 e.